The van der Waals surface area contributed by atoms with Gasteiger partial charge in [0.2, 0.25) is 0 Å². The van der Waals surface area contributed by atoms with E-state index in [1.807, 2.05) is 11.3 Å². The number of nitrogens with one attached hydrogen (secondary N) is 1. The summed E-state index contributed by atoms with van der Waals surface area (Å²) < 4.78 is 0. The van der Waals surface area contributed by atoms with Crippen molar-refractivity contribution in [1.82, 2.24) is 5.32 Å². The van der Waals surface area contributed by atoms with Crippen LogP contribution in [0.3, 0.4) is 0 Å². The van der Waals surface area contributed by atoms with Gasteiger partial charge in [0.05, 0.1) is 0 Å². The highest BCUT2D eigenvalue weighted by atomic mass is 32.2. The first-order chi connectivity index (χ1) is 7.40. The monoisotopic (exact) mass is 241 g/mol. The smallest absolute Gasteiger partial charge is 0.0305 e. The molecule has 1 fully saturated rings. The maximum atomic E-state index is 3.70. The number of hydrogen-bond acceptors (Lipinski definition) is 3. The van der Waals surface area contributed by atoms with Crippen LogP contribution >= 0.6 is 23.1 Å². The summed E-state index contributed by atoms with van der Waals surface area (Å²) in [5, 5.41) is 5.91. The van der Waals surface area contributed by atoms with Gasteiger partial charge in [-0.05, 0) is 47.8 Å². The average molecular weight is 241 g/mol. The topological polar surface area (TPSA) is 12.0 Å². The molecular formula is C12H19NS2. The minimum Gasteiger partial charge on any atom is -0.309 e. The zero-order chi connectivity index (χ0) is 10.5. The van der Waals surface area contributed by atoms with E-state index in [0.717, 1.165) is 12.6 Å². The molecule has 3 heteroatoms. The maximum absolute atomic E-state index is 3.70. The van der Waals surface area contributed by atoms with Gasteiger partial charge in [-0.1, -0.05) is 6.92 Å². The summed E-state index contributed by atoms with van der Waals surface area (Å²) in [6, 6.07) is 3.02. The minimum absolute atomic E-state index is 0.762. The van der Waals surface area contributed by atoms with Crippen LogP contribution in [0.15, 0.2) is 11.4 Å². The summed E-state index contributed by atoms with van der Waals surface area (Å²) in [6.07, 6.45) is 3.86. The molecular weight excluding hydrogens is 222 g/mol. The second-order valence-electron chi connectivity index (χ2n) is 3.99. The zero-order valence-corrected chi connectivity index (χ0v) is 10.9. The lowest BCUT2D eigenvalue weighted by Crippen LogP contribution is -2.31. The SMILES string of the molecule is CCc1ccsc1CNC1CCSCC1. The predicted octanol–water partition coefficient (Wildman–Crippen LogP) is 3.30. The fraction of sp³-hybridized carbons (Fsp3) is 0.667. The fourth-order valence-corrected chi connectivity index (χ4v) is 4.01. The largest absolute Gasteiger partial charge is 0.309 e. The average Bonchev–Trinajstić information content (AvgIpc) is 2.75. The van der Waals surface area contributed by atoms with E-state index in [4.69, 9.17) is 0 Å². The molecule has 0 unspecified atom stereocenters. The van der Waals surface area contributed by atoms with Gasteiger partial charge >= 0.3 is 0 Å². The molecule has 2 rings (SSSR count). The van der Waals surface area contributed by atoms with Crippen molar-refractivity contribution in [3.63, 3.8) is 0 Å². The lowest BCUT2D eigenvalue weighted by atomic mass is 10.1. The molecule has 0 aromatic carbocycles. The van der Waals surface area contributed by atoms with Gasteiger partial charge in [-0.2, -0.15) is 11.8 Å². The van der Waals surface area contributed by atoms with Crippen LogP contribution in [-0.4, -0.2) is 17.5 Å². The third-order valence-corrected chi connectivity index (χ3v) is 5.00. The third kappa shape index (κ3) is 3.23. The first kappa shape index (κ1) is 11.5. The summed E-state index contributed by atoms with van der Waals surface area (Å²) >= 11 is 3.99. The van der Waals surface area contributed by atoms with Crippen molar-refractivity contribution in [1.29, 1.82) is 0 Å². The molecule has 1 aromatic rings. The number of hydrogen-bond donors (Lipinski definition) is 1. The quantitative estimate of drug-likeness (QED) is 0.868. The van der Waals surface area contributed by atoms with Gasteiger partial charge in [0.15, 0.2) is 0 Å². The van der Waals surface area contributed by atoms with Crippen molar-refractivity contribution in [3.05, 3.63) is 21.9 Å². The van der Waals surface area contributed by atoms with Gasteiger partial charge < -0.3 is 5.32 Å². The van der Waals surface area contributed by atoms with Gasteiger partial charge in [0.1, 0.15) is 0 Å². The summed E-state index contributed by atoms with van der Waals surface area (Å²) in [4.78, 5) is 1.54. The van der Waals surface area contributed by atoms with E-state index in [2.05, 4.69) is 35.4 Å². The molecule has 84 valence electrons. The summed E-state index contributed by atoms with van der Waals surface area (Å²) in [7, 11) is 0. The number of thiophene rings is 1. The molecule has 1 nitrogen and oxygen atoms in total. The molecule has 0 amide bonds. The Hall–Kier alpha value is 0.01000. The Bertz CT molecular complexity index is 290. The fourth-order valence-electron chi connectivity index (χ4n) is 1.98. The number of thioether (sulfide) groups is 1. The van der Waals surface area contributed by atoms with Gasteiger partial charge in [-0.3, -0.25) is 0 Å². The van der Waals surface area contributed by atoms with Crippen LogP contribution in [-0.2, 0) is 13.0 Å². The van der Waals surface area contributed by atoms with E-state index in [0.29, 0.717) is 0 Å². The Morgan fingerprint density at radius 3 is 2.93 bits per heavy atom. The summed E-state index contributed by atoms with van der Waals surface area (Å²) in [5.41, 5.74) is 1.53. The van der Waals surface area contributed by atoms with Crippen LogP contribution in [0.25, 0.3) is 0 Å². The van der Waals surface area contributed by atoms with Crippen LogP contribution in [0.5, 0.6) is 0 Å². The lowest BCUT2D eigenvalue weighted by molar-refractivity contribution is 0.483. The lowest BCUT2D eigenvalue weighted by Gasteiger charge is -2.22. The molecule has 0 saturated carbocycles. The second kappa shape index (κ2) is 5.92. The molecule has 1 aliphatic rings. The van der Waals surface area contributed by atoms with Crippen LogP contribution in [0, 0.1) is 0 Å². The van der Waals surface area contributed by atoms with Crippen LogP contribution in [0.2, 0.25) is 0 Å². The Morgan fingerprint density at radius 1 is 1.40 bits per heavy atom. The first-order valence-corrected chi connectivity index (χ1v) is 7.80. The molecule has 1 saturated heterocycles. The highest BCUT2D eigenvalue weighted by Crippen LogP contribution is 2.20. The van der Waals surface area contributed by atoms with Gasteiger partial charge in [-0.25, -0.2) is 0 Å². The van der Waals surface area contributed by atoms with Gasteiger partial charge in [0.25, 0.3) is 0 Å². The molecule has 1 aromatic heterocycles. The van der Waals surface area contributed by atoms with E-state index >= 15 is 0 Å². The Morgan fingerprint density at radius 2 is 2.20 bits per heavy atom. The van der Waals surface area contributed by atoms with Crippen molar-refractivity contribution in [2.24, 2.45) is 0 Å². The van der Waals surface area contributed by atoms with Crippen molar-refractivity contribution >= 4 is 23.1 Å². The molecule has 0 bridgehead atoms. The highest BCUT2D eigenvalue weighted by Gasteiger charge is 2.13. The molecule has 0 spiro atoms. The number of rotatable bonds is 4. The maximum Gasteiger partial charge on any atom is 0.0305 e. The van der Waals surface area contributed by atoms with E-state index in [9.17, 15) is 0 Å². The molecule has 15 heavy (non-hydrogen) atoms. The highest BCUT2D eigenvalue weighted by molar-refractivity contribution is 7.99. The number of aryl methyl sites for hydroxylation is 1. The van der Waals surface area contributed by atoms with Crippen LogP contribution in [0.4, 0.5) is 0 Å². The zero-order valence-electron chi connectivity index (χ0n) is 9.29. The Balaban J connectivity index is 1.81. The molecule has 1 N–H and O–H groups in total. The van der Waals surface area contributed by atoms with Crippen LogP contribution < -0.4 is 5.32 Å². The van der Waals surface area contributed by atoms with Crippen molar-refractivity contribution in [2.75, 3.05) is 11.5 Å². The summed E-state index contributed by atoms with van der Waals surface area (Å²) in [6.45, 7) is 3.32. The van der Waals surface area contributed by atoms with E-state index < -0.39 is 0 Å². The standard InChI is InChI=1S/C12H19NS2/c1-2-10-3-8-15-12(10)9-13-11-4-6-14-7-5-11/h3,8,11,13H,2,4-7,9H2,1H3. The van der Waals surface area contributed by atoms with Gasteiger partial charge in [-0.15, -0.1) is 11.3 Å². The predicted molar refractivity (Wildman–Crippen MR) is 70.9 cm³/mol. The van der Waals surface area contributed by atoms with Gasteiger partial charge in [0, 0.05) is 17.5 Å². The van der Waals surface area contributed by atoms with E-state index in [-0.39, 0.29) is 0 Å². The molecule has 1 aliphatic heterocycles. The molecule has 0 aliphatic carbocycles. The van der Waals surface area contributed by atoms with E-state index in [1.165, 1.54) is 41.2 Å². The second-order valence-corrected chi connectivity index (χ2v) is 6.22. The molecule has 0 radical (unpaired) electrons. The normalized spacial score (nSPS) is 18.2. The molecule has 0 atom stereocenters. The van der Waals surface area contributed by atoms with Crippen LogP contribution in [0.1, 0.15) is 30.2 Å². The van der Waals surface area contributed by atoms with Crippen molar-refractivity contribution in [2.45, 2.75) is 38.8 Å². The van der Waals surface area contributed by atoms with E-state index in [1.54, 1.807) is 0 Å². The van der Waals surface area contributed by atoms with Crippen molar-refractivity contribution in [3.8, 4) is 0 Å². The molecule has 2 heterocycles. The minimum atomic E-state index is 0.762. The Labute approximate surface area is 101 Å². The Kier molecular flexibility index (Phi) is 4.54. The first-order valence-electron chi connectivity index (χ1n) is 5.76. The third-order valence-electron chi connectivity index (χ3n) is 2.99. The van der Waals surface area contributed by atoms with Crippen molar-refractivity contribution < 1.29 is 0 Å². The summed E-state index contributed by atoms with van der Waals surface area (Å²) in [5.74, 6) is 2.67.